The van der Waals surface area contributed by atoms with Crippen LogP contribution < -0.4 is 14.9 Å². The number of nitro groups is 1. The first-order valence-electron chi connectivity index (χ1n) is 12.9. The molecule has 0 radical (unpaired) electrons. The summed E-state index contributed by atoms with van der Waals surface area (Å²) in [5, 5.41) is 15.8. The number of benzene rings is 4. The summed E-state index contributed by atoms with van der Waals surface area (Å²) >= 11 is 6.42. The summed E-state index contributed by atoms with van der Waals surface area (Å²) in [5.74, 6) is -1.40. The van der Waals surface area contributed by atoms with Gasteiger partial charge < -0.3 is 14.5 Å². The molecule has 0 saturated heterocycles. The van der Waals surface area contributed by atoms with Gasteiger partial charge in [-0.25, -0.2) is 14.6 Å². The van der Waals surface area contributed by atoms with Crippen LogP contribution in [0.2, 0.25) is 5.02 Å². The number of nitrogens with zero attached hydrogens (tertiary/aromatic N) is 2. The molecule has 0 spiro atoms. The zero-order valence-corrected chi connectivity index (χ0v) is 23.2. The van der Waals surface area contributed by atoms with Gasteiger partial charge in [0.05, 0.1) is 23.3 Å². The Morgan fingerprint density at radius 3 is 2.53 bits per heavy atom. The van der Waals surface area contributed by atoms with E-state index in [0.29, 0.717) is 32.6 Å². The van der Waals surface area contributed by atoms with Crippen molar-refractivity contribution >= 4 is 46.3 Å². The number of ether oxygens (including phenoxy) is 2. The Hall–Kier alpha value is -5.55. The number of aromatic amines is 1. The monoisotopic (exact) mass is 600 g/mol. The molecule has 4 aromatic carbocycles. The number of halogens is 2. The van der Waals surface area contributed by atoms with Gasteiger partial charge in [0.15, 0.2) is 11.5 Å². The van der Waals surface area contributed by atoms with E-state index in [-0.39, 0.29) is 35.1 Å². The molecule has 12 heteroatoms. The number of carbonyl (C=O) groups is 2. The molecule has 0 fully saturated rings. The third-order valence-electron chi connectivity index (χ3n) is 6.29. The van der Waals surface area contributed by atoms with Gasteiger partial charge in [-0.2, -0.15) is 5.10 Å². The quantitative estimate of drug-likeness (QED) is 0.0620. The number of carbonyl (C=O) groups excluding carboxylic acids is 2. The summed E-state index contributed by atoms with van der Waals surface area (Å²) in [6.45, 7) is 2.02. The van der Waals surface area contributed by atoms with Crippen molar-refractivity contribution in [1.29, 1.82) is 0 Å². The molecule has 0 unspecified atom stereocenters. The van der Waals surface area contributed by atoms with Crippen LogP contribution in [-0.2, 0) is 0 Å². The number of nitrogens with one attached hydrogen (secondary N) is 2. The third-order valence-corrected chi connectivity index (χ3v) is 6.62. The Kier molecular flexibility index (Phi) is 8.44. The van der Waals surface area contributed by atoms with Gasteiger partial charge in [-0.15, -0.1) is 0 Å². The van der Waals surface area contributed by atoms with Crippen molar-refractivity contribution in [3.63, 3.8) is 0 Å². The molecular weight excluding hydrogens is 579 g/mol. The SMILES string of the molecule is CCOc1cc(C=NNC(=O)c2[nH]c3ccc(F)cc3c2-c2ccccc2Cl)ccc1OC(=O)c1ccc([N+](=O)[O-])cc1. The predicted octanol–water partition coefficient (Wildman–Crippen LogP) is 6.92. The molecule has 10 nitrogen and oxygen atoms in total. The van der Waals surface area contributed by atoms with Crippen molar-refractivity contribution in [2.24, 2.45) is 5.10 Å². The highest BCUT2D eigenvalue weighted by Gasteiger charge is 2.21. The number of fused-ring (bicyclic) bond motifs is 1. The molecule has 0 bridgehead atoms. The van der Waals surface area contributed by atoms with Crippen molar-refractivity contribution in [3.8, 4) is 22.6 Å². The van der Waals surface area contributed by atoms with Crippen LogP contribution >= 0.6 is 11.6 Å². The van der Waals surface area contributed by atoms with Crippen LogP contribution in [0.3, 0.4) is 0 Å². The van der Waals surface area contributed by atoms with Crippen LogP contribution in [0.25, 0.3) is 22.0 Å². The van der Waals surface area contributed by atoms with Crippen molar-refractivity contribution in [3.05, 3.63) is 123 Å². The fourth-order valence-electron chi connectivity index (χ4n) is 4.34. The Balaban J connectivity index is 1.36. The summed E-state index contributed by atoms with van der Waals surface area (Å²) in [5.41, 5.74) is 4.64. The van der Waals surface area contributed by atoms with Gasteiger partial charge in [0, 0.05) is 39.2 Å². The first-order valence-corrected chi connectivity index (χ1v) is 13.3. The lowest BCUT2D eigenvalue weighted by Crippen LogP contribution is -2.19. The molecule has 0 saturated carbocycles. The lowest BCUT2D eigenvalue weighted by atomic mass is 10.0. The number of amides is 1. The normalized spacial score (nSPS) is 11.0. The first kappa shape index (κ1) is 29.0. The van der Waals surface area contributed by atoms with E-state index in [1.807, 2.05) is 0 Å². The smallest absolute Gasteiger partial charge is 0.343 e. The second kappa shape index (κ2) is 12.5. The molecular formula is C31H22ClFN4O6. The molecule has 5 aromatic rings. The molecule has 0 aliphatic rings. The van der Waals surface area contributed by atoms with Crippen molar-refractivity contribution in [2.75, 3.05) is 6.61 Å². The predicted molar refractivity (Wildman–Crippen MR) is 159 cm³/mol. The fraction of sp³-hybridized carbons (Fsp3) is 0.0645. The minimum absolute atomic E-state index is 0.122. The number of H-pyrrole nitrogens is 1. The highest BCUT2D eigenvalue weighted by Crippen LogP contribution is 2.37. The molecule has 1 aromatic heterocycles. The highest BCUT2D eigenvalue weighted by atomic mass is 35.5. The van der Waals surface area contributed by atoms with Gasteiger partial charge in [-0.1, -0.05) is 29.8 Å². The second-order valence-electron chi connectivity index (χ2n) is 9.08. The van der Waals surface area contributed by atoms with Gasteiger partial charge in [0.25, 0.3) is 11.6 Å². The molecule has 2 N–H and O–H groups in total. The molecule has 1 heterocycles. The van der Waals surface area contributed by atoms with Crippen molar-refractivity contribution in [1.82, 2.24) is 10.4 Å². The minimum Gasteiger partial charge on any atom is -0.490 e. The number of hydrogen-bond donors (Lipinski definition) is 2. The van der Waals surface area contributed by atoms with E-state index < -0.39 is 22.6 Å². The maximum atomic E-state index is 14.1. The van der Waals surface area contributed by atoms with Crippen molar-refractivity contribution < 1.29 is 28.4 Å². The van der Waals surface area contributed by atoms with Gasteiger partial charge in [-0.3, -0.25) is 14.9 Å². The van der Waals surface area contributed by atoms with E-state index in [1.54, 1.807) is 43.3 Å². The summed E-state index contributed by atoms with van der Waals surface area (Å²) in [6.07, 6.45) is 1.37. The second-order valence-corrected chi connectivity index (χ2v) is 9.48. The Morgan fingerprint density at radius 2 is 1.81 bits per heavy atom. The zero-order chi connectivity index (χ0) is 30.5. The summed E-state index contributed by atoms with van der Waals surface area (Å²) < 4.78 is 25.2. The molecule has 43 heavy (non-hydrogen) atoms. The number of hydrogen-bond acceptors (Lipinski definition) is 7. The summed E-state index contributed by atoms with van der Waals surface area (Å²) in [7, 11) is 0. The number of non-ortho nitro benzene ring substituents is 1. The fourth-order valence-corrected chi connectivity index (χ4v) is 4.57. The van der Waals surface area contributed by atoms with Crippen LogP contribution in [-0.4, -0.2) is 34.6 Å². The van der Waals surface area contributed by atoms with Crippen molar-refractivity contribution in [2.45, 2.75) is 6.92 Å². The van der Waals surface area contributed by atoms with Crippen LogP contribution in [0, 0.1) is 15.9 Å². The molecule has 0 aliphatic carbocycles. The largest absolute Gasteiger partial charge is 0.490 e. The van der Waals surface area contributed by atoms with E-state index in [2.05, 4.69) is 15.5 Å². The Labute approximate surface area is 248 Å². The van der Waals surface area contributed by atoms with Crippen LogP contribution in [0.15, 0.2) is 90.0 Å². The minimum atomic E-state index is -0.725. The summed E-state index contributed by atoms with van der Waals surface area (Å²) in [6, 6.07) is 20.8. The molecule has 1 amide bonds. The van der Waals surface area contributed by atoms with Gasteiger partial charge in [-0.05, 0) is 67.1 Å². The van der Waals surface area contributed by atoms with E-state index in [1.165, 1.54) is 54.7 Å². The zero-order valence-electron chi connectivity index (χ0n) is 22.5. The lowest BCUT2D eigenvalue weighted by Gasteiger charge is -2.11. The van der Waals surface area contributed by atoms with E-state index >= 15 is 0 Å². The molecule has 0 atom stereocenters. The third kappa shape index (κ3) is 6.36. The Bertz CT molecular complexity index is 1890. The average molecular weight is 601 g/mol. The van der Waals surface area contributed by atoms with Crippen LogP contribution in [0.5, 0.6) is 11.5 Å². The number of hydrazone groups is 1. The van der Waals surface area contributed by atoms with Gasteiger partial charge in [0.1, 0.15) is 11.5 Å². The number of esters is 1. The number of nitro benzene ring substituents is 1. The van der Waals surface area contributed by atoms with Gasteiger partial charge >= 0.3 is 5.97 Å². The number of aromatic nitrogens is 1. The Morgan fingerprint density at radius 1 is 1.05 bits per heavy atom. The van der Waals surface area contributed by atoms with E-state index in [9.17, 15) is 24.1 Å². The highest BCUT2D eigenvalue weighted by molar-refractivity contribution is 6.34. The van der Waals surface area contributed by atoms with E-state index in [4.69, 9.17) is 21.1 Å². The topological polar surface area (TPSA) is 136 Å². The number of rotatable bonds is 9. The summed E-state index contributed by atoms with van der Waals surface area (Å²) in [4.78, 5) is 39.1. The van der Waals surface area contributed by atoms with Crippen LogP contribution in [0.1, 0.15) is 33.3 Å². The first-order chi connectivity index (χ1) is 20.7. The standard InChI is InChI=1S/C31H22ClFN4O6/c1-2-42-27-15-18(7-14-26(27)43-31(39)19-8-11-21(12-9-19)37(40)41)17-34-36-30(38)29-28(22-5-3-4-6-24(22)32)23-16-20(33)10-13-25(23)35-29/h3-17,35H,2H2,1H3,(H,36,38). The van der Waals surface area contributed by atoms with Gasteiger partial charge in [0.2, 0.25) is 0 Å². The molecule has 0 aliphatic heterocycles. The average Bonchev–Trinajstić information content (AvgIpc) is 3.37. The lowest BCUT2D eigenvalue weighted by molar-refractivity contribution is -0.384. The maximum absolute atomic E-state index is 14.1. The maximum Gasteiger partial charge on any atom is 0.343 e. The van der Waals surface area contributed by atoms with Crippen LogP contribution in [0.4, 0.5) is 10.1 Å². The molecule has 5 rings (SSSR count). The molecule has 216 valence electrons. The van der Waals surface area contributed by atoms with E-state index in [0.717, 1.165) is 0 Å².